The summed E-state index contributed by atoms with van der Waals surface area (Å²) in [4.78, 5) is 23.2. The van der Waals surface area contributed by atoms with Gasteiger partial charge in [0.15, 0.2) is 0 Å². The molecule has 1 aliphatic rings. The number of carbonyl (C=O) groups is 2. The van der Waals surface area contributed by atoms with Crippen LogP contribution in [-0.4, -0.2) is 30.9 Å². The quantitative estimate of drug-likeness (QED) is 0.687. The molecule has 19 heavy (non-hydrogen) atoms. The zero-order chi connectivity index (χ0) is 13.7. The highest BCUT2D eigenvalue weighted by Crippen LogP contribution is 2.31. The number of benzene rings is 1. The first kappa shape index (κ1) is 13.5. The Bertz CT molecular complexity index is 443. The molecule has 1 atom stereocenters. The van der Waals surface area contributed by atoms with Crippen LogP contribution in [0.25, 0.3) is 0 Å². The summed E-state index contributed by atoms with van der Waals surface area (Å²) >= 11 is 0. The number of hydrogen-bond acceptors (Lipinski definition) is 3. The highest BCUT2D eigenvalue weighted by Gasteiger charge is 2.28. The predicted molar refractivity (Wildman–Crippen MR) is 72.5 cm³/mol. The fourth-order valence-corrected chi connectivity index (χ4v) is 1.84. The van der Waals surface area contributed by atoms with E-state index in [1.165, 1.54) is 0 Å². The summed E-state index contributed by atoms with van der Waals surface area (Å²) < 4.78 is 0. The van der Waals surface area contributed by atoms with E-state index in [-0.39, 0.29) is 24.4 Å². The van der Waals surface area contributed by atoms with Crippen LogP contribution in [0.3, 0.4) is 0 Å². The van der Waals surface area contributed by atoms with E-state index in [9.17, 15) is 9.59 Å². The third-order valence-electron chi connectivity index (χ3n) is 3.21. The fourth-order valence-electron chi connectivity index (χ4n) is 1.84. The van der Waals surface area contributed by atoms with Crippen molar-refractivity contribution < 1.29 is 9.59 Å². The fraction of sp³-hybridized carbons (Fsp3) is 0.429. The van der Waals surface area contributed by atoms with Crippen LogP contribution in [0.15, 0.2) is 30.3 Å². The van der Waals surface area contributed by atoms with Crippen molar-refractivity contribution in [2.45, 2.75) is 18.9 Å². The Kier molecular flexibility index (Phi) is 4.52. The summed E-state index contributed by atoms with van der Waals surface area (Å²) in [6.07, 6.45) is 2.31. The molecular formula is C14H19N3O2. The zero-order valence-electron chi connectivity index (χ0n) is 10.8. The molecule has 0 aliphatic heterocycles. The molecule has 102 valence electrons. The number of hydrogen-bond donors (Lipinski definition) is 3. The molecule has 0 aromatic heterocycles. The second kappa shape index (κ2) is 6.33. The Labute approximate surface area is 112 Å². The van der Waals surface area contributed by atoms with Gasteiger partial charge in [0.1, 0.15) is 0 Å². The standard InChI is InChI=1S/C14H19N3O2/c15-12(10-6-7-10)8-16-13(18)9-17-14(19)11-4-2-1-3-5-11/h1-5,10,12H,6-9,15H2,(H,16,18)(H,17,19). The van der Waals surface area contributed by atoms with Gasteiger partial charge in [-0.3, -0.25) is 9.59 Å². The van der Waals surface area contributed by atoms with Crippen molar-refractivity contribution in [2.24, 2.45) is 11.7 Å². The van der Waals surface area contributed by atoms with Gasteiger partial charge in [0.25, 0.3) is 5.91 Å². The minimum absolute atomic E-state index is 0.0227. The van der Waals surface area contributed by atoms with E-state index in [0.29, 0.717) is 18.0 Å². The van der Waals surface area contributed by atoms with Crippen LogP contribution in [0.1, 0.15) is 23.2 Å². The number of nitrogens with two attached hydrogens (primary N) is 1. The molecule has 1 aromatic rings. The first-order valence-corrected chi connectivity index (χ1v) is 6.52. The van der Waals surface area contributed by atoms with Gasteiger partial charge in [0, 0.05) is 18.2 Å². The van der Waals surface area contributed by atoms with Crippen LogP contribution in [0.4, 0.5) is 0 Å². The largest absolute Gasteiger partial charge is 0.353 e. The van der Waals surface area contributed by atoms with Crippen LogP contribution < -0.4 is 16.4 Å². The highest BCUT2D eigenvalue weighted by molar-refractivity contribution is 5.96. The number of amides is 2. The summed E-state index contributed by atoms with van der Waals surface area (Å²) in [7, 11) is 0. The highest BCUT2D eigenvalue weighted by atomic mass is 16.2. The van der Waals surface area contributed by atoms with Crippen molar-refractivity contribution in [2.75, 3.05) is 13.1 Å². The van der Waals surface area contributed by atoms with Gasteiger partial charge in [-0.05, 0) is 30.9 Å². The van der Waals surface area contributed by atoms with Crippen LogP contribution in [0.2, 0.25) is 0 Å². The monoisotopic (exact) mass is 261 g/mol. The molecule has 1 aliphatic carbocycles. The SMILES string of the molecule is NC(CNC(=O)CNC(=O)c1ccccc1)C1CC1. The second-order valence-electron chi connectivity index (χ2n) is 4.85. The van der Waals surface area contributed by atoms with E-state index in [4.69, 9.17) is 5.73 Å². The average molecular weight is 261 g/mol. The lowest BCUT2D eigenvalue weighted by molar-refractivity contribution is -0.120. The molecule has 0 spiro atoms. The lowest BCUT2D eigenvalue weighted by atomic mass is 10.2. The molecule has 1 fully saturated rings. The van der Waals surface area contributed by atoms with E-state index in [0.717, 1.165) is 12.8 Å². The molecule has 5 nitrogen and oxygen atoms in total. The van der Waals surface area contributed by atoms with Crippen molar-refractivity contribution in [3.05, 3.63) is 35.9 Å². The molecule has 2 amide bonds. The van der Waals surface area contributed by atoms with E-state index < -0.39 is 0 Å². The molecule has 2 rings (SSSR count). The molecule has 1 unspecified atom stereocenters. The van der Waals surface area contributed by atoms with Crippen LogP contribution in [0, 0.1) is 5.92 Å². The van der Waals surface area contributed by atoms with Crippen molar-refractivity contribution in [3.8, 4) is 0 Å². The number of carbonyl (C=O) groups excluding carboxylic acids is 2. The third-order valence-corrected chi connectivity index (χ3v) is 3.21. The first-order chi connectivity index (χ1) is 9.16. The lowest BCUT2D eigenvalue weighted by Crippen LogP contribution is -2.43. The molecular weight excluding hydrogens is 242 g/mol. The van der Waals surface area contributed by atoms with Gasteiger partial charge in [-0.25, -0.2) is 0 Å². The molecule has 5 heteroatoms. The molecule has 0 radical (unpaired) electrons. The van der Waals surface area contributed by atoms with Crippen molar-refractivity contribution in [3.63, 3.8) is 0 Å². The Balaban J connectivity index is 1.67. The predicted octanol–water partition coefficient (Wildman–Crippen LogP) is 0.270. The maximum atomic E-state index is 11.7. The number of nitrogens with one attached hydrogen (secondary N) is 2. The summed E-state index contributed by atoms with van der Waals surface area (Å²) in [5.74, 6) is 0.0989. The maximum Gasteiger partial charge on any atom is 0.251 e. The first-order valence-electron chi connectivity index (χ1n) is 6.52. The van der Waals surface area contributed by atoms with Gasteiger partial charge >= 0.3 is 0 Å². The Morgan fingerprint density at radius 2 is 1.89 bits per heavy atom. The van der Waals surface area contributed by atoms with Gasteiger partial charge in [-0.1, -0.05) is 18.2 Å². The van der Waals surface area contributed by atoms with Crippen LogP contribution >= 0.6 is 0 Å². The van der Waals surface area contributed by atoms with E-state index in [2.05, 4.69) is 10.6 Å². The van der Waals surface area contributed by atoms with Gasteiger partial charge in [-0.15, -0.1) is 0 Å². The molecule has 1 saturated carbocycles. The van der Waals surface area contributed by atoms with Crippen molar-refractivity contribution >= 4 is 11.8 Å². The van der Waals surface area contributed by atoms with Crippen molar-refractivity contribution in [1.82, 2.24) is 10.6 Å². The summed E-state index contributed by atoms with van der Waals surface area (Å²) in [5, 5.41) is 5.31. The summed E-state index contributed by atoms with van der Waals surface area (Å²) in [6, 6.07) is 8.84. The zero-order valence-corrected chi connectivity index (χ0v) is 10.8. The molecule has 0 bridgehead atoms. The van der Waals surface area contributed by atoms with Gasteiger partial charge < -0.3 is 16.4 Å². The molecule has 4 N–H and O–H groups in total. The third kappa shape index (κ3) is 4.37. The minimum Gasteiger partial charge on any atom is -0.353 e. The minimum atomic E-state index is -0.248. The van der Waals surface area contributed by atoms with Gasteiger partial charge in [0.05, 0.1) is 6.54 Å². The Morgan fingerprint density at radius 1 is 1.21 bits per heavy atom. The molecule has 1 aromatic carbocycles. The summed E-state index contributed by atoms with van der Waals surface area (Å²) in [6.45, 7) is 0.454. The van der Waals surface area contributed by atoms with Crippen molar-refractivity contribution in [1.29, 1.82) is 0 Å². The van der Waals surface area contributed by atoms with E-state index >= 15 is 0 Å². The maximum absolute atomic E-state index is 11.7. The van der Waals surface area contributed by atoms with Crippen LogP contribution in [0.5, 0.6) is 0 Å². The van der Waals surface area contributed by atoms with Gasteiger partial charge in [0.2, 0.25) is 5.91 Å². The lowest BCUT2D eigenvalue weighted by Gasteiger charge is -2.11. The average Bonchev–Trinajstić information content (AvgIpc) is 3.27. The van der Waals surface area contributed by atoms with E-state index in [1.807, 2.05) is 6.07 Å². The van der Waals surface area contributed by atoms with Gasteiger partial charge in [-0.2, -0.15) is 0 Å². The topological polar surface area (TPSA) is 84.2 Å². The number of rotatable bonds is 6. The smallest absolute Gasteiger partial charge is 0.251 e. The second-order valence-corrected chi connectivity index (χ2v) is 4.85. The summed E-state index contributed by atoms with van der Waals surface area (Å²) in [5.41, 5.74) is 6.42. The Hall–Kier alpha value is -1.88. The molecule has 0 heterocycles. The molecule has 0 saturated heterocycles. The van der Waals surface area contributed by atoms with E-state index in [1.54, 1.807) is 24.3 Å². The van der Waals surface area contributed by atoms with Crippen LogP contribution in [-0.2, 0) is 4.79 Å². The Morgan fingerprint density at radius 3 is 2.53 bits per heavy atom. The normalized spacial score (nSPS) is 15.6.